The van der Waals surface area contributed by atoms with Crippen molar-refractivity contribution in [2.75, 3.05) is 47.5 Å². The van der Waals surface area contributed by atoms with Gasteiger partial charge in [0.25, 0.3) is 7.82 Å². The molecule has 0 aromatic rings. The summed E-state index contributed by atoms with van der Waals surface area (Å²) >= 11 is 0. The number of rotatable bonds is 34. The highest BCUT2D eigenvalue weighted by molar-refractivity contribution is 7.45. The quantitative estimate of drug-likeness (QED) is 0.0211. The molecule has 1 rings (SSSR count). The molecule has 1 saturated carbocycles. The lowest BCUT2D eigenvalue weighted by Crippen LogP contribution is -2.37. The molecule has 12 nitrogen and oxygen atoms in total. The van der Waals surface area contributed by atoms with Crippen LogP contribution in [0.15, 0.2) is 72.9 Å². The number of aliphatic hydroxyl groups excluding tert-OH is 2. The lowest BCUT2D eigenvalue weighted by Gasteiger charge is -2.28. The Morgan fingerprint density at radius 2 is 1.46 bits per heavy atom. The Morgan fingerprint density at radius 3 is 2.12 bits per heavy atom. The second-order valence-corrected chi connectivity index (χ2v) is 17.5. The van der Waals surface area contributed by atoms with Gasteiger partial charge in [-0.05, 0) is 70.6 Å². The minimum atomic E-state index is -4.71. The van der Waals surface area contributed by atoms with E-state index in [1.165, 1.54) is 0 Å². The molecule has 0 aromatic carbocycles. The first kappa shape index (κ1) is 54.1. The number of Topliss-reactive ketones (excluding diaryl/α,β-unsaturated/α-hetero) is 1. The predicted octanol–water partition coefficient (Wildman–Crippen LogP) is 8.19. The van der Waals surface area contributed by atoms with Gasteiger partial charge in [0.1, 0.15) is 25.5 Å². The van der Waals surface area contributed by atoms with Gasteiger partial charge in [0, 0.05) is 31.1 Å². The van der Waals surface area contributed by atoms with Crippen molar-refractivity contribution in [1.82, 2.24) is 0 Å². The summed E-state index contributed by atoms with van der Waals surface area (Å²) in [6.07, 6.45) is 33.0. The number of quaternary nitrogens is 1. The zero-order valence-corrected chi connectivity index (χ0v) is 37.5. The third kappa shape index (κ3) is 29.8. The number of phosphoric ester groups is 1. The van der Waals surface area contributed by atoms with Crippen LogP contribution in [-0.2, 0) is 37.5 Å². The maximum atomic E-state index is 12.7. The molecule has 336 valence electrons. The SMILES string of the molecule is CC/C=C\C/C=C\C/C=C\C/C=C\CCCCC(=O)O[C@H](COC(=O)CCC/C=C\C[C@H]1C(=O)C[C@@H](O)[C@@H]1/C=C/[C@@H](O)CCCCC)COP(=O)([O-])OCC[N+](C)(C)C. The zero-order chi connectivity index (χ0) is 43.8. The number of hydrogen-bond donors (Lipinski definition) is 2. The molecule has 0 spiro atoms. The highest BCUT2D eigenvalue weighted by Gasteiger charge is 2.39. The van der Waals surface area contributed by atoms with Gasteiger partial charge in [-0.1, -0.05) is 106 Å². The number of hydrogen-bond acceptors (Lipinski definition) is 11. The molecule has 0 bridgehead atoms. The molecule has 0 aliphatic heterocycles. The van der Waals surface area contributed by atoms with Crippen LogP contribution in [0.5, 0.6) is 0 Å². The van der Waals surface area contributed by atoms with Crippen molar-refractivity contribution in [2.45, 2.75) is 141 Å². The highest BCUT2D eigenvalue weighted by atomic mass is 31.2. The predicted molar refractivity (Wildman–Crippen MR) is 232 cm³/mol. The Labute approximate surface area is 355 Å². The lowest BCUT2D eigenvalue weighted by molar-refractivity contribution is -0.870. The summed E-state index contributed by atoms with van der Waals surface area (Å²) in [4.78, 5) is 50.2. The molecule has 6 atom stereocenters. The van der Waals surface area contributed by atoms with Crippen molar-refractivity contribution >= 4 is 25.5 Å². The second kappa shape index (κ2) is 32.8. The lowest BCUT2D eigenvalue weighted by atomic mass is 9.90. The largest absolute Gasteiger partial charge is 0.756 e. The summed E-state index contributed by atoms with van der Waals surface area (Å²) in [6.45, 7) is 3.62. The number of carbonyl (C=O) groups excluding carboxylic acids is 3. The third-order valence-corrected chi connectivity index (χ3v) is 10.5. The first-order chi connectivity index (χ1) is 28.2. The Bertz CT molecular complexity index is 1400. The molecule has 0 aromatic heterocycles. The fourth-order valence-electron chi connectivity index (χ4n) is 6.09. The van der Waals surface area contributed by atoms with E-state index < -0.39 is 44.7 Å². The molecule has 1 fully saturated rings. The summed E-state index contributed by atoms with van der Waals surface area (Å²) in [5.74, 6) is -1.82. The maximum Gasteiger partial charge on any atom is 0.306 e. The molecular weight excluding hydrogens is 773 g/mol. The van der Waals surface area contributed by atoms with Crippen LogP contribution in [0.3, 0.4) is 0 Å². The molecule has 1 unspecified atom stereocenters. The van der Waals surface area contributed by atoms with Crippen molar-refractivity contribution in [3.05, 3.63) is 72.9 Å². The van der Waals surface area contributed by atoms with Crippen LogP contribution in [-0.4, -0.2) is 98.2 Å². The van der Waals surface area contributed by atoms with Crippen LogP contribution in [0.25, 0.3) is 0 Å². The molecule has 0 saturated heterocycles. The highest BCUT2D eigenvalue weighted by Crippen LogP contribution is 2.38. The number of phosphoric acid groups is 1. The summed E-state index contributed by atoms with van der Waals surface area (Å²) in [5.41, 5.74) is 0. The Kier molecular flexibility index (Phi) is 30.0. The Hall–Kier alpha value is -2.96. The minimum absolute atomic E-state index is 0.00836. The normalized spacial score (nSPS) is 19.9. The summed E-state index contributed by atoms with van der Waals surface area (Å²) < 4.78 is 33.7. The monoisotopic (exact) mass is 850 g/mol. The van der Waals surface area contributed by atoms with Gasteiger partial charge >= 0.3 is 11.9 Å². The molecule has 0 radical (unpaired) electrons. The van der Waals surface area contributed by atoms with Gasteiger partial charge in [-0.25, -0.2) is 0 Å². The van der Waals surface area contributed by atoms with Gasteiger partial charge in [-0.3, -0.25) is 18.9 Å². The second-order valence-electron chi connectivity index (χ2n) is 16.1. The van der Waals surface area contributed by atoms with E-state index in [9.17, 15) is 34.1 Å². The van der Waals surface area contributed by atoms with Gasteiger partial charge in [0.15, 0.2) is 6.10 Å². The molecule has 13 heteroatoms. The van der Waals surface area contributed by atoms with Crippen LogP contribution in [0.4, 0.5) is 0 Å². The van der Waals surface area contributed by atoms with E-state index in [-0.39, 0.29) is 50.1 Å². The molecule has 1 aliphatic carbocycles. The molecule has 0 amide bonds. The van der Waals surface area contributed by atoms with Crippen LogP contribution in [0.1, 0.15) is 123 Å². The number of carbonyl (C=O) groups is 3. The van der Waals surface area contributed by atoms with E-state index in [1.807, 2.05) is 33.3 Å². The van der Waals surface area contributed by atoms with Gasteiger partial charge in [-0.15, -0.1) is 0 Å². The van der Waals surface area contributed by atoms with Crippen molar-refractivity contribution in [3.8, 4) is 0 Å². The van der Waals surface area contributed by atoms with Crippen LogP contribution >= 0.6 is 7.82 Å². The number of ether oxygens (including phenoxy) is 2. The average Bonchev–Trinajstić information content (AvgIpc) is 3.44. The van der Waals surface area contributed by atoms with Gasteiger partial charge in [-0.2, -0.15) is 0 Å². The van der Waals surface area contributed by atoms with Crippen molar-refractivity contribution in [1.29, 1.82) is 0 Å². The Morgan fingerprint density at radius 1 is 0.831 bits per heavy atom. The number of unbranched alkanes of at least 4 members (excludes halogenated alkanes) is 5. The smallest absolute Gasteiger partial charge is 0.306 e. The van der Waals surface area contributed by atoms with Gasteiger partial charge < -0.3 is 38.1 Å². The number of aliphatic hydroxyl groups is 2. The van der Waals surface area contributed by atoms with Gasteiger partial charge in [0.2, 0.25) is 0 Å². The van der Waals surface area contributed by atoms with Gasteiger partial charge in [0.05, 0.1) is 40.0 Å². The fourth-order valence-corrected chi connectivity index (χ4v) is 6.82. The summed E-state index contributed by atoms with van der Waals surface area (Å²) in [7, 11) is 0.976. The topological polar surface area (TPSA) is 169 Å². The van der Waals surface area contributed by atoms with E-state index in [0.717, 1.165) is 57.8 Å². The fraction of sp³-hybridized carbons (Fsp3) is 0.674. The van der Waals surface area contributed by atoms with Crippen molar-refractivity contribution in [2.24, 2.45) is 11.8 Å². The third-order valence-electron chi connectivity index (χ3n) is 9.58. The molecule has 1 aliphatic rings. The first-order valence-corrected chi connectivity index (χ1v) is 23.2. The molecular formula is C46H76NO11P. The van der Waals surface area contributed by atoms with Crippen molar-refractivity contribution < 1.29 is 57.1 Å². The Balaban J connectivity index is 2.56. The average molecular weight is 850 g/mol. The maximum absolute atomic E-state index is 12.7. The number of likely N-dealkylation sites (N-methyl/N-ethyl adjacent to an activating group) is 1. The zero-order valence-electron chi connectivity index (χ0n) is 36.6. The molecule has 0 heterocycles. The molecule has 2 N–H and O–H groups in total. The van der Waals surface area contributed by atoms with Crippen LogP contribution < -0.4 is 4.89 Å². The minimum Gasteiger partial charge on any atom is -0.756 e. The van der Waals surface area contributed by atoms with E-state index in [4.69, 9.17) is 18.5 Å². The number of esters is 2. The first-order valence-electron chi connectivity index (χ1n) is 21.7. The number of allylic oxidation sites excluding steroid dienone is 10. The summed E-state index contributed by atoms with van der Waals surface area (Å²) in [6, 6.07) is 0. The summed E-state index contributed by atoms with van der Waals surface area (Å²) in [5, 5.41) is 20.7. The van der Waals surface area contributed by atoms with Crippen LogP contribution in [0, 0.1) is 11.8 Å². The standard InChI is InChI=1S/C46H76NO11P/c1-6-8-10-11-12-13-14-15-16-17-18-19-20-21-27-31-46(52)58-40(38-57-59(53,54)56-35-34-47(3,4)5)37-55-45(51)30-26-23-22-25-29-41-42(44(50)36-43(41)49)33-32-39(48)28-24-9-7-2/h8,10,12-13,15-16,18-19,22,25,32-33,39-42,44,48,50H,6-7,9,11,14,17,20-21,23-24,26-31,34-38H2,1-5H3/b10-8-,13-12-,16-15-,19-18-,25-22-,33-32+/t39-,40+,41+,42+,44+/m0/s1. The number of nitrogens with zero attached hydrogens (tertiary/aromatic N) is 1. The van der Waals surface area contributed by atoms with Crippen molar-refractivity contribution in [3.63, 3.8) is 0 Å². The van der Waals surface area contributed by atoms with E-state index in [2.05, 4.69) is 62.5 Å². The van der Waals surface area contributed by atoms with E-state index >= 15 is 0 Å². The van der Waals surface area contributed by atoms with E-state index in [0.29, 0.717) is 43.1 Å². The van der Waals surface area contributed by atoms with E-state index in [1.54, 1.807) is 12.2 Å². The number of ketones is 1. The van der Waals surface area contributed by atoms with Crippen LogP contribution in [0.2, 0.25) is 0 Å². The molecule has 59 heavy (non-hydrogen) atoms.